The lowest BCUT2D eigenvalue weighted by atomic mass is 10.1. The highest BCUT2D eigenvalue weighted by atomic mass is 35.5. The number of aromatic nitrogens is 2. The van der Waals surface area contributed by atoms with Crippen LogP contribution in [0.2, 0.25) is 0 Å². The molecule has 1 heterocycles. The quantitative estimate of drug-likeness (QED) is 0.553. The molecule has 2 aromatic carbocycles. The third-order valence-electron chi connectivity index (χ3n) is 4.37. The first-order valence-electron chi connectivity index (χ1n) is 8.85. The van der Waals surface area contributed by atoms with Gasteiger partial charge in [0.15, 0.2) is 5.82 Å². The Hall–Kier alpha value is -1.82. The summed E-state index contributed by atoms with van der Waals surface area (Å²) in [7, 11) is 1.94. The summed E-state index contributed by atoms with van der Waals surface area (Å²) in [5.74, 6) is 1.39. The minimum Gasteiger partial charge on any atom is -0.338 e. The molecule has 1 aromatic heterocycles. The topological polar surface area (TPSA) is 51.0 Å². The number of thioether (sulfide) groups is 1. The van der Waals surface area contributed by atoms with E-state index in [9.17, 15) is 0 Å². The Morgan fingerprint density at radius 2 is 1.85 bits per heavy atom. The number of nitrogens with zero attached hydrogens (tertiary/aromatic N) is 2. The molecule has 2 atom stereocenters. The maximum atomic E-state index is 5.65. The fourth-order valence-corrected chi connectivity index (χ4v) is 3.92. The SMILES string of the molecule is CNC(C)Cc1noc(C(Sc2ccc(C)cc2C)c2ccccc2)n1.Cl. The van der Waals surface area contributed by atoms with Crippen molar-refractivity contribution in [2.45, 2.75) is 43.4 Å². The van der Waals surface area contributed by atoms with E-state index in [2.05, 4.69) is 66.6 Å². The van der Waals surface area contributed by atoms with Crippen LogP contribution in [-0.2, 0) is 6.42 Å². The van der Waals surface area contributed by atoms with E-state index < -0.39 is 0 Å². The minimum absolute atomic E-state index is 0. The van der Waals surface area contributed by atoms with E-state index in [1.54, 1.807) is 11.8 Å². The van der Waals surface area contributed by atoms with Crippen LogP contribution in [0.15, 0.2) is 57.9 Å². The average Bonchev–Trinajstić information content (AvgIpc) is 3.09. The molecule has 2 unspecified atom stereocenters. The van der Waals surface area contributed by atoms with Crippen LogP contribution >= 0.6 is 24.2 Å². The van der Waals surface area contributed by atoms with Crippen LogP contribution in [0.25, 0.3) is 0 Å². The Labute approximate surface area is 171 Å². The molecule has 0 amide bonds. The Kier molecular flexibility index (Phi) is 7.90. The van der Waals surface area contributed by atoms with Crippen LogP contribution in [-0.4, -0.2) is 23.2 Å². The summed E-state index contributed by atoms with van der Waals surface area (Å²) in [6.07, 6.45) is 0.746. The molecule has 0 aliphatic carbocycles. The molecular formula is C21H26ClN3OS. The molecule has 144 valence electrons. The molecule has 3 aromatic rings. The summed E-state index contributed by atoms with van der Waals surface area (Å²) >= 11 is 1.76. The van der Waals surface area contributed by atoms with Crippen molar-refractivity contribution in [3.63, 3.8) is 0 Å². The summed E-state index contributed by atoms with van der Waals surface area (Å²) in [4.78, 5) is 5.91. The monoisotopic (exact) mass is 403 g/mol. The third-order valence-corrected chi connectivity index (χ3v) is 5.79. The number of aryl methyl sites for hydroxylation is 2. The fraction of sp³-hybridized carbons (Fsp3) is 0.333. The second-order valence-electron chi connectivity index (χ2n) is 6.62. The van der Waals surface area contributed by atoms with Crippen LogP contribution in [0, 0.1) is 13.8 Å². The van der Waals surface area contributed by atoms with Gasteiger partial charge < -0.3 is 9.84 Å². The van der Waals surface area contributed by atoms with Crippen LogP contribution < -0.4 is 5.32 Å². The molecule has 1 N–H and O–H groups in total. The second-order valence-corrected chi connectivity index (χ2v) is 7.77. The maximum Gasteiger partial charge on any atom is 0.244 e. The van der Waals surface area contributed by atoms with Crippen LogP contribution in [0.5, 0.6) is 0 Å². The van der Waals surface area contributed by atoms with Gasteiger partial charge in [0, 0.05) is 17.4 Å². The van der Waals surface area contributed by atoms with Gasteiger partial charge in [-0.05, 0) is 45.0 Å². The van der Waals surface area contributed by atoms with Gasteiger partial charge in [-0.25, -0.2) is 0 Å². The predicted molar refractivity (Wildman–Crippen MR) is 114 cm³/mol. The number of rotatable bonds is 7. The molecule has 27 heavy (non-hydrogen) atoms. The largest absolute Gasteiger partial charge is 0.338 e. The number of nitrogens with one attached hydrogen (secondary N) is 1. The van der Waals surface area contributed by atoms with Crippen molar-refractivity contribution < 1.29 is 4.52 Å². The van der Waals surface area contributed by atoms with Crippen LogP contribution in [0.4, 0.5) is 0 Å². The molecule has 0 saturated carbocycles. The van der Waals surface area contributed by atoms with Gasteiger partial charge in [0.2, 0.25) is 5.89 Å². The lowest BCUT2D eigenvalue weighted by molar-refractivity contribution is 0.375. The molecule has 3 rings (SSSR count). The van der Waals surface area contributed by atoms with Crippen LogP contribution in [0.3, 0.4) is 0 Å². The molecule has 0 saturated heterocycles. The van der Waals surface area contributed by atoms with E-state index in [0.717, 1.165) is 17.8 Å². The molecule has 0 fully saturated rings. The van der Waals surface area contributed by atoms with Gasteiger partial charge in [-0.2, -0.15) is 4.98 Å². The first-order chi connectivity index (χ1) is 12.6. The van der Waals surface area contributed by atoms with E-state index in [1.807, 2.05) is 25.2 Å². The molecular weight excluding hydrogens is 378 g/mol. The van der Waals surface area contributed by atoms with Crippen LogP contribution in [0.1, 0.15) is 40.6 Å². The zero-order valence-electron chi connectivity index (χ0n) is 16.1. The van der Waals surface area contributed by atoms with Gasteiger partial charge in [-0.15, -0.1) is 24.2 Å². The Balaban J connectivity index is 0.00000261. The summed E-state index contributed by atoms with van der Waals surface area (Å²) in [5.41, 5.74) is 3.69. The Bertz CT molecular complexity index is 854. The van der Waals surface area contributed by atoms with Gasteiger partial charge in [0.25, 0.3) is 0 Å². The van der Waals surface area contributed by atoms with Gasteiger partial charge in [0.05, 0.1) is 0 Å². The van der Waals surface area contributed by atoms with E-state index in [1.165, 1.54) is 16.0 Å². The molecule has 4 nitrogen and oxygen atoms in total. The lowest BCUT2D eigenvalue weighted by Crippen LogP contribution is -2.24. The normalized spacial score (nSPS) is 13.0. The van der Waals surface area contributed by atoms with Crippen molar-refractivity contribution in [2.75, 3.05) is 7.05 Å². The standard InChI is InChI=1S/C21H25N3OS.ClH/c1-14-10-11-18(15(2)12-14)26-20(17-8-6-5-7-9-17)21-23-19(24-25-21)13-16(3)22-4;/h5-12,16,20,22H,13H2,1-4H3;1H. The molecule has 0 aliphatic heterocycles. The molecule has 0 spiro atoms. The zero-order valence-corrected chi connectivity index (χ0v) is 17.7. The number of likely N-dealkylation sites (N-methyl/N-ethyl adjacent to an activating group) is 1. The van der Waals surface area contributed by atoms with Crippen molar-refractivity contribution in [3.8, 4) is 0 Å². The first kappa shape index (κ1) is 21.5. The highest BCUT2D eigenvalue weighted by Crippen LogP contribution is 2.41. The zero-order chi connectivity index (χ0) is 18.5. The minimum atomic E-state index is -0.0243. The lowest BCUT2D eigenvalue weighted by Gasteiger charge is -2.15. The van der Waals surface area contributed by atoms with Crippen molar-refractivity contribution >= 4 is 24.2 Å². The summed E-state index contributed by atoms with van der Waals surface area (Å²) in [6, 6.07) is 17.2. The summed E-state index contributed by atoms with van der Waals surface area (Å²) in [6.45, 7) is 6.36. The van der Waals surface area contributed by atoms with E-state index in [0.29, 0.717) is 11.9 Å². The third kappa shape index (κ3) is 5.58. The van der Waals surface area contributed by atoms with Gasteiger partial charge in [0.1, 0.15) is 5.25 Å². The van der Waals surface area contributed by atoms with Gasteiger partial charge >= 0.3 is 0 Å². The van der Waals surface area contributed by atoms with E-state index in [4.69, 9.17) is 4.52 Å². The summed E-state index contributed by atoms with van der Waals surface area (Å²) in [5, 5.41) is 7.37. The average molecular weight is 404 g/mol. The molecule has 0 aliphatic rings. The number of halogens is 1. The predicted octanol–water partition coefficient (Wildman–Crippen LogP) is 5.14. The van der Waals surface area contributed by atoms with Crippen molar-refractivity contribution in [3.05, 3.63) is 76.9 Å². The highest BCUT2D eigenvalue weighted by molar-refractivity contribution is 7.99. The first-order valence-corrected chi connectivity index (χ1v) is 9.73. The molecule has 6 heteroatoms. The molecule has 0 bridgehead atoms. The number of hydrogen-bond acceptors (Lipinski definition) is 5. The smallest absolute Gasteiger partial charge is 0.244 e. The Morgan fingerprint density at radius 3 is 2.52 bits per heavy atom. The highest BCUT2D eigenvalue weighted by Gasteiger charge is 2.23. The van der Waals surface area contributed by atoms with Crippen molar-refractivity contribution in [1.29, 1.82) is 0 Å². The molecule has 0 radical (unpaired) electrons. The number of benzene rings is 2. The van der Waals surface area contributed by atoms with Crippen molar-refractivity contribution in [2.24, 2.45) is 0 Å². The van der Waals surface area contributed by atoms with Crippen molar-refractivity contribution in [1.82, 2.24) is 15.5 Å². The van der Waals surface area contributed by atoms with Gasteiger partial charge in [-0.1, -0.05) is 53.2 Å². The van der Waals surface area contributed by atoms with E-state index >= 15 is 0 Å². The number of hydrogen-bond donors (Lipinski definition) is 1. The summed E-state index contributed by atoms with van der Waals surface area (Å²) < 4.78 is 5.65. The Morgan fingerprint density at radius 1 is 1.11 bits per heavy atom. The second kappa shape index (κ2) is 9.93. The van der Waals surface area contributed by atoms with E-state index in [-0.39, 0.29) is 17.7 Å². The fourth-order valence-electron chi connectivity index (χ4n) is 2.78. The maximum absolute atomic E-state index is 5.65. The van der Waals surface area contributed by atoms with Gasteiger partial charge in [-0.3, -0.25) is 0 Å².